The maximum atomic E-state index is 12.0. The van der Waals surface area contributed by atoms with Gasteiger partial charge in [-0.25, -0.2) is 9.97 Å². The quantitative estimate of drug-likeness (QED) is 0.519. The minimum Gasteiger partial charge on any atom is -0.396 e. The van der Waals surface area contributed by atoms with Gasteiger partial charge in [0.1, 0.15) is 16.5 Å². The van der Waals surface area contributed by atoms with Crippen LogP contribution in [0.3, 0.4) is 0 Å². The Labute approximate surface area is 162 Å². The maximum absolute atomic E-state index is 12.0. The number of aliphatic hydroxyl groups excluding tert-OH is 1. The average Bonchev–Trinajstić information content (AvgIpc) is 3.09. The molecule has 0 aliphatic rings. The molecule has 7 heteroatoms. The molecule has 27 heavy (non-hydrogen) atoms. The summed E-state index contributed by atoms with van der Waals surface area (Å²) < 4.78 is 0. The minimum atomic E-state index is -0.124. The standard InChI is InChI=1S/C20H24N4O2S/c1-3-16-11-17-18(23-13(2)24-20(17)27-16)22-12-14-5-7-15(8-6-14)19(26)21-9-4-10-25/h5-8,11,25H,3-4,9-10,12H2,1-2H3,(H,21,26)(H,22,23,24). The van der Waals surface area contributed by atoms with Gasteiger partial charge in [-0.1, -0.05) is 19.1 Å². The van der Waals surface area contributed by atoms with Crippen molar-refractivity contribution < 1.29 is 9.90 Å². The number of carbonyl (C=O) groups is 1. The molecule has 0 aliphatic heterocycles. The van der Waals surface area contributed by atoms with Gasteiger partial charge in [0.25, 0.3) is 5.91 Å². The van der Waals surface area contributed by atoms with E-state index in [1.165, 1.54) is 4.88 Å². The number of nitrogens with one attached hydrogen (secondary N) is 2. The smallest absolute Gasteiger partial charge is 0.251 e. The molecule has 2 aromatic heterocycles. The highest BCUT2D eigenvalue weighted by Crippen LogP contribution is 2.29. The zero-order valence-corrected chi connectivity index (χ0v) is 16.4. The summed E-state index contributed by atoms with van der Waals surface area (Å²) in [4.78, 5) is 23.4. The average molecular weight is 385 g/mol. The van der Waals surface area contributed by atoms with E-state index in [4.69, 9.17) is 5.11 Å². The fraction of sp³-hybridized carbons (Fsp3) is 0.350. The van der Waals surface area contributed by atoms with E-state index >= 15 is 0 Å². The summed E-state index contributed by atoms with van der Waals surface area (Å²) in [5, 5.41) is 16.0. The fourth-order valence-corrected chi connectivity index (χ4v) is 3.74. The zero-order valence-electron chi connectivity index (χ0n) is 15.6. The van der Waals surface area contributed by atoms with Crippen molar-refractivity contribution in [2.45, 2.75) is 33.2 Å². The first-order valence-electron chi connectivity index (χ1n) is 9.09. The lowest BCUT2D eigenvalue weighted by molar-refractivity contribution is 0.0951. The van der Waals surface area contributed by atoms with E-state index in [1.54, 1.807) is 11.3 Å². The number of rotatable bonds is 8. The second-order valence-electron chi connectivity index (χ2n) is 6.29. The van der Waals surface area contributed by atoms with Crippen molar-refractivity contribution in [1.82, 2.24) is 15.3 Å². The Morgan fingerprint density at radius 2 is 2.00 bits per heavy atom. The number of anilines is 1. The largest absolute Gasteiger partial charge is 0.396 e. The van der Waals surface area contributed by atoms with E-state index in [9.17, 15) is 4.79 Å². The number of amides is 1. The summed E-state index contributed by atoms with van der Waals surface area (Å²) in [6, 6.07) is 9.65. The molecule has 3 rings (SSSR count). The van der Waals surface area contributed by atoms with Gasteiger partial charge in [0, 0.05) is 30.1 Å². The summed E-state index contributed by atoms with van der Waals surface area (Å²) in [5.41, 5.74) is 1.68. The third-order valence-electron chi connectivity index (χ3n) is 4.20. The highest BCUT2D eigenvalue weighted by atomic mass is 32.1. The van der Waals surface area contributed by atoms with E-state index < -0.39 is 0 Å². The third-order valence-corrected chi connectivity index (χ3v) is 5.37. The summed E-state index contributed by atoms with van der Waals surface area (Å²) in [7, 11) is 0. The fourth-order valence-electron chi connectivity index (χ4n) is 2.73. The second-order valence-corrected chi connectivity index (χ2v) is 7.40. The van der Waals surface area contributed by atoms with Gasteiger partial charge in [0.15, 0.2) is 0 Å². The van der Waals surface area contributed by atoms with Gasteiger partial charge in [-0.15, -0.1) is 11.3 Å². The van der Waals surface area contributed by atoms with Crippen LogP contribution in [-0.2, 0) is 13.0 Å². The molecule has 6 nitrogen and oxygen atoms in total. The van der Waals surface area contributed by atoms with Crippen LogP contribution in [0.1, 0.15) is 40.0 Å². The Morgan fingerprint density at radius 3 is 2.70 bits per heavy atom. The van der Waals surface area contributed by atoms with Crippen LogP contribution in [-0.4, -0.2) is 34.1 Å². The molecule has 1 amide bonds. The van der Waals surface area contributed by atoms with Crippen LogP contribution in [0, 0.1) is 6.92 Å². The van der Waals surface area contributed by atoms with Crippen LogP contribution in [0.25, 0.3) is 10.2 Å². The number of carbonyl (C=O) groups excluding carboxylic acids is 1. The Kier molecular flexibility index (Phi) is 6.36. The molecule has 0 atom stereocenters. The molecular formula is C20H24N4O2S. The first kappa shape index (κ1) is 19.3. The van der Waals surface area contributed by atoms with Crippen LogP contribution in [0.4, 0.5) is 5.82 Å². The predicted molar refractivity (Wildman–Crippen MR) is 109 cm³/mol. The molecule has 3 N–H and O–H groups in total. The van der Waals surface area contributed by atoms with Crippen molar-refractivity contribution in [3.05, 3.63) is 52.2 Å². The SMILES string of the molecule is CCc1cc2c(NCc3ccc(C(=O)NCCCO)cc3)nc(C)nc2s1. The normalized spacial score (nSPS) is 10.9. The molecule has 0 saturated heterocycles. The Bertz CT molecular complexity index is 922. The van der Waals surface area contributed by atoms with Gasteiger partial charge >= 0.3 is 0 Å². The van der Waals surface area contributed by atoms with Crippen molar-refractivity contribution in [2.24, 2.45) is 0 Å². The molecule has 0 spiro atoms. The van der Waals surface area contributed by atoms with Crippen LogP contribution in [0.5, 0.6) is 0 Å². The van der Waals surface area contributed by atoms with Gasteiger partial charge in [-0.3, -0.25) is 4.79 Å². The summed E-state index contributed by atoms with van der Waals surface area (Å²) in [6.07, 6.45) is 1.55. The third kappa shape index (κ3) is 4.81. The van der Waals surface area contributed by atoms with Crippen molar-refractivity contribution >= 4 is 33.3 Å². The molecule has 0 radical (unpaired) electrons. The Morgan fingerprint density at radius 1 is 1.22 bits per heavy atom. The van der Waals surface area contributed by atoms with Crippen LogP contribution in [0.2, 0.25) is 0 Å². The molecule has 3 aromatic rings. The number of fused-ring (bicyclic) bond motifs is 1. The number of nitrogens with zero attached hydrogens (tertiary/aromatic N) is 2. The second kappa shape index (κ2) is 8.92. The van der Waals surface area contributed by atoms with Crippen LogP contribution < -0.4 is 10.6 Å². The topological polar surface area (TPSA) is 87.1 Å². The van der Waals surface area contributed by atoms with Gasteiger partial charge in [-0.05, 0) is 43.5 Å². The number of aromatic nitrogens is 2. The highest BCUT2D eigenvalue weighted by molar-refractivity contribution is 7.18. The first-order valence-corrected chi connectivity index (χ1v) is 9.91. The van der Waals surface area contributed by atoms with Gasteiger partial charge in [0.2, 0.25) is 0 Å². The molecule has 2 heterocycles. The molecule has 0 saturated carbocycles. The van der Waals surface area contributed by atoms with E-state index in [0.29, 0.717) is 25.1 Å². The zero-order chi connectivity index (χ0) is 19.2. The summed E-state index contributed by atoms with van der Waals surface area (Å²) in [5.74, 6) is 1.48. The molecule has 1 aromatic carbocycles. The summed E-state index contributed by atoms with van der Waals surface area (Å²) >= 11 is 1.71. The molecular weight excluding hydrogens is 360 g/mol. The Hall–Kier alpha value is -2.51. The first-order chi connectivity index (χ1) is 13.1. The minimum absolute atomic E-state index is 0.0740. The van der Waals surface area contributed by atoms with Crippen LogP contribution in [0.15, 0.2) is 30.3 Å². The van der Waals surface area contributed by atoms with E-state index in [-0.39, 0.29) is 12.5 Å². The lowest BCUT2D eigenvalue weighted by Gasteiger charge is -2.09. The number of aliphatic hydroxyl groups is 1. The highest BCUT2D eigenvalue weighted by Gasteiger charge is 2.10. The number of hydrogen-bond acceptors (Lipinski definition) is 6. The van der Waals surface area contributed by atoms with Crippen molar-refractivity contribution in [2.75, 3.05) is 18.5 Å². The van der Waals surface area contributed by atoms with Gasteiger partial charge in [-0.2, -0.15) is 0 Å². The lowest BCUT2D eigenvalue weighted by atomic mass is 10.1. The lowest BCUT2D eigenvalue weighted by Crippen LogP contribution is -2.24. The molecule has 142 valence electrons. The molecule has 0 bridgehead atoms. The van der Waals surface area contributed by atoms with Crippen molar-refractivity contribution in [3.63, 3.8) is 0 Å². The number of thiophene rings is 1. The maximum Gasteiger partial charge on any atom is 0.251 e. The predicted octanol–water partition coefficient (Wildman–Crippen LogP) is 3.29. The number of aryl methyl sites for hydroxylation is 2. The van der Waals surface area contributed by atoms with E-state index in [0.717, 1.165) is 33.8 Å². The van der Waals surface area contributed by atoms with E-state index in [1.807, 2.05) is 31.2 Å². The van der Waals surface area contributed by atoms with Crippen LogP contribution >= 0.6 is 11.3 Å². The van der Waals surface area contributed by atoms with Crippen molar-refractivity contribution in [1.29, 1.82) is 0 Å². The van der Waals surface area contributed by atoms with Crippen molar-refractivity contribution in [3.8, 4) is 0 Å². The molecule has 0 fully saturated rings. The Balaban J connectivity index is 1.67. The summed E-state index contributed by atoms with van der Waals surface area (Å²) in [6.45, 7) is 5.21. The molecule has 0 aliphatic carbocycles. The monoisotopic (exact) mass is 384 g/mol. The number of hydrogen-bond donors (Lipinski definition) is 3. The molecule has 0 unspecified atom stereocenters. The number of benzene rings is 1. The van der Waals surface area contributed by atoms with E-state index in [2.05, 4.69) is 33.6 Å². The van der Waals surface area contributed by atoms with Gasteiger partial charge in [0.05, 0.1) is 5.39 Å². The van der Waals surface area contributed by atoms with Gasteiger partial charge < -0.3 is 15.7 Å².